The number of piperidine rings is 1. The number of benzene rings is 2. The molecule has 0 unspecified atom stereocenters. The van der Waals surface area contributed by atoms with Crippen molar-refractivity contribution in [3.63, 3.8) is 0 Å². The highest BCUT2D eigenvalue weighted by Gasteiger charge is 2.32. The van der Waals surface area contributed by atoms with Crippen LogP contribution in [0.25, 0.3) is 0 Å². The number of methoxy groups -OCH3 is 1. The minimum atomic E-state index is -3.68. The predicted octanol–water partition coefficient (Wildman–Crippen LogP) is 3.79. The predicted molar refractivity (Wildman–Crippen MR) is 116 cm³/mol. The molecule has 0 aliphatic carbocycles. The molecule has 1 saturated heterocycles. The summed E-state index contributed by atoms with van der Waals surface area (Å²) in [7, 11) is -2.10. The van der Waals surface area contributed by atoms with Gasteiger partial charge in [-0.1, -0.05) is 11.6 Å². The van der Waals surface area contributed by atoms with Gasteiger partial charge in [-0.2, -0.15) is 4.31 Å². The van der Waals surface area contributed by atoms with Gasteiger partial charge in [0.2, 0.25) is 15.9 Å². The molecule has 162 valence electrons. The van der Waals surface area contributed by atoms with Crippen LogP contribution in [0.4, 0.5) is 5.69 Å². The average molecular weight is 453 g/mol. The van der Waals surface area contributed by atoms with Gasteiger partial charge < -0.3 is 14.8 Å². The normalized spacial score (nSPS) is 15.6. The van der Waals surface area contributed by atoms with E-state index in [1.807, 2.05) is 6.92 Å². The third-order valence-corrected chi connectivity index (χ3v) is 7.21. The van der Waals surface area contributed by atoms with Crippen LogP contribution in [-0.2, 0) is 14.8 Å². The van der Waals surface area contributed by atoms with Crippen molar-refractivity contribution in [1.29, 1.82) is 0 Å². The summed E-state index contributed by atoms with van der Waals surface area (Å²) in [5.74, 6) is 0.803. The van der Waals surface area contributed by atoms with Crippen molar-refractivity contribution in [2.24, 2.45) is 5.92 Å². The number of ether oxygens (including phenoxy) is 2. The van der Waals surface area contributed by atoms with Crippen molar-refractivity contribution in [3.8, 4) is 11.5 Å². The lowest BCUT2D eigenvalue weighted by Crippen LogP contribution is -2.41. The molecule has 3 rings (SSSR count). The van der Waals surface area contributed by atoms with Crippen LogP contribution in [0.15, 0.2) is 47.4 Å². The van der Waals surface area contributed by atoms with Crippen LogP contribution in [0.5, 0.6) is 11.5 Å². The van der Waals surface area contributed by atoms with Crippen LogP contribution >= 0.6 is 11.6 Å². The van der Waals surface area contributed by atoms with Gasteiger partial charge in [-0.25, -0.2) is 8.42 Å². The molecule has 1 aliphatic heterocycles. The maximum atomic E-state index is 13.0. The second-order valence-electron chi connectivity index (χ2n) is 6.92. The molecule has 0 radical (unpaired) electrons. The van der Waals surface area contributed by atoms with Gasteiger partial charge in [0, 0.05) is 24.7 Å². The maximum Gasteiger partial charge on any atom is 0.243 e. The molecular weight excluding hydrogens is 428 g/mol. The molecule has 0 aromatic heterocycles. The van der Waals surface area contributed by atoms with Gasteiger partial charge in [0.05, 0.1) is 23.6 Å². The fourth-order valence-corrected chi connectivity index (χ4v) is 5.14. The zero-order chi connectivity index (χ0) is 21.7. The Labute approximate surface area is 182 Å². The lowest BCUT2D eigenvalue weighted by atomic mass is 9.97. The molecule has 30 heavy (non-hydrogen) atoms. The Kier molecular flexibility index (Phi) is 7.23. The summed E-state index contributed by atoms with van der Waals surface area (Å²) in [6.07, 6.45) is 0.901. The van der Waals surface area contributed by atoms with E-state index in [0.29, 0.717) is 36.6 Å². The minimum Gasteiger partial charge on any atom is -0.497 e. The van der Waals surface area contributed by atoms with Gasteiger partial charge >= 0.3 is 0 Å². The van der Waals surface area contributed by atoms with Crippen LogP contribution in [0.3, 0.4) is 0 Å². The number of halogens is 1. The quantitative estimate of drug-likeness (QED) is 0.690. The number of carbonyl (C=O) groups is 1. The zero-order valence-corrected chi connectivity index (χ0v) is 18.5. The summed E-state index contributed by atoms with van der Waals surface area (Å²) < 4.78 is 37.8. The third-order valence-electron chi connectivity index (χ3n) is 5.02. The molecular formula is C21H25ClN2O5S. The monoisotopic (exact) mass is 452 g/mol. The first kappa shape index (κ1) is 22.4. The van der Waals surface area contributed by atoms with Gasteiger partial charge in [0.1, 0.15) is 11.5 Å². The SMILES string of the molecule is CCOc1ccc(S(=O)(=O)N2CCC(C(=O)Nc3ccc(OC)cc3)CC2)cc1Cl. The Hall–Kier alpha value is -2.29. The molecule has 1 amide bonds. The first-order valence-electron chi connectivity index (χ1n) is 9.72. The largest absolute Gasteiger partial charge is 0.497 e. The molecule has 0 atom stereocenters. The molecule has 7 nitrogen and oxygen atoms in total. The summed E-state index contributed by atoms with van der Waals surface area (Å²) in [6.45, 7) is 2.82. The summed E-state index contributed by atoms with van der Waals surface area (Å²) in [5.41, 5.74) is 0.680. The molecule has 0 saturated carbocycles. The van der Waals surface area contributed by atoms with Gasteiger partial charge in [-0.15, -0.1) is 0 Å². The molecule has 2 aromatic rings. The Balaban J connectivity index is 1.61. The second kappa shape index (κ2) is 9.68. The van der Waals surface area contributed by atoms with E-state index in [0.717, 1.165) is 0 Å². The number of nitrogens with zero attached hydrogens (tertiary/aromatic N) is 1. The Morgan fingerprint density at radius 3 is 2.40 bits per heavy atom. The molecule has 1 heterocycles. The summed E-state index contributed by atoms with van der Waals surface area (Å²) >= 11 is 6.15. The molecule has 0 spiro atoms. The Morgan fingerprint density at radius 2 is 1.83 bits per heavy atom. The van der Waals surface area contributed by atoms with E-state index in [1.165, 1.54) is 16.4 Å². The zero-order valence-electron chi connectivity index (χ0n) is 16.9. The number of anilines is 1. The molecule has 2 aromatic carbocycles. The van der Waals surface area contributed by atoms with E-state index in [9.17, 15) is 13.2 Å². The number of carbonyl (C=O) groups excluding carboxylic acids is 1. The van der Waals surface area contributed by atoms with Gasteiger partial charge in [0.15, 0.2) is 0 Å². The van der Waals surface area contributed by atoms with Gasteiger partial charge in [0.25, 0.3) is 0 Å². The smallest absolute Gasteiger partial charge is 0.243 e. The molecule has 9 heteroatoms. The number of sulfonamides is 1. The summed E-state index contributed by atoms with van der Waals surface area (Å²) in [4.78, 5) is 12.7. The third kappa shape index (κ3) is 5.06. The highest BCUT2D eigenvalue weighted by Crippen LogP contribution is 2.30. The fraction of sp³-hybridized carbons (Fsp3) is 0.381. The van der Waals surface area contributed by atoms with Crippen molar-refractivity contribution < 1.29 is 22.7 Å². The Morgan fingerprint density at radius 1 is 1.17 bits per heavy atom. The van der Waals surface area contributed by atoms with E-state index < -0.39 is 10.0 Å². The van der Waals surface area contributed by atoms with Gasteiger partial charge in [-0.3, -0.25) is 4.79 Å². The fourth-order valence-electron chi connectivity index (χ4n) is 3.34. The van der Waals surface area contributed by atoms with Crippen LogP contribution in [0.1, 0.15) is 19.8 Å². The Bertz CT molecular complexity index is 987. The molecule has 1 fully saturated rings. The van der Waals surface area contributed by atoms with E-state index in [2.05, 4.69) is 5.32 Å². The maximum absolute atomic E-state index is 13.0. The van der Waals surface area contributed by atoms with E-state index in [-0.39, 0.29) is 34.8 Å². The van der Waals surface area contributed by atoms with E-state index in [4.69, 9.17) is 21.1 Å². The number of amides is 1. The molecule has 1 N–H and O–H groups in total. The first-order chi connectivity index (χ1) is 14.3. The van der Waals surface area contributed by atoms with Gasteiger partial charge in [-0.05, 0) is 62.2 Å². The van der Waals surface area contributed by atoms with E-state index >= 15 is 0 Å². The second-order valence-corrected chi connectivity index (χ2v) is 9.27. The minimum absolute atomic E-state index is 0.110. The average Bonchev–Trinajstić information content (AvgIpc) is 2.76. The first-order valence-corrected chi connectivity index (χ1v) is 11.5. The van der Waals surface area contributed by atoms with Crippen LogP contribution in [0.2, 0.25) is 5.02 Å². The number of nitrogens with one attached hydrogen (secondary N) is 1. The standard InChI is InChI=1S/C21H25ClN2O5S/c1-3-29-20-9-8-18(14-19(20)22)30(26,27)24-12-10-15(11-13-24)21(25)23-16-4-6-17(28-2)7-5-16/h4-9,14-15H,3,10-13H2,1-2H3,(H,23,25). The van der Waals surface area contributed by atoms with Crippen LogP contribution in [0, 0.1) is 5.92 Å². The lowest BCUT2D eigenvalue weighted by molar-refractivity contribution is -0.120. The highest BCUT2D eigenvalue weighted by atomic mass is 35.5. The van der Waals surface area contributed by atoms with Crippen molar-refractivity contribution in [2.45, 2.75) is 24.7 Å². The number of hydrogen-bond acceptors (Lipinski definition) is 5. The van der Waals surface area contributed by atoms with Crippen molar-refractivity contribution in [1.82, 2.24) is 4.31 Å². The van der Waals surface area contributed by atoms with Crippen molar-refractivity contribution in [3.05, 3.63) is 47.5 Å². The van der Waals surface area contributed by atoms with E-state index in [1.54, 1.807) is 37.4 Å². The molecule has 0 bridgehead atoms. The topological polar surface area (TPSA) is 84.9 Å². The summed E-state index contributed by atoms with van der Waals surface area (Å²) in [6, 6.07) is 11.5. The van der Waals surface area contributed by atoms with Crippen molar-refractivity contribution in [2.75, 3.05) is 32.1 Å². The van der Waals surface area contributed by atoms with Crippen LogP contribution in [-0.4, -0.2) is 45.4 Å². The summed E-state index contributed by atoms with van der Waals surface area (Å²) in [5, 5.41) is 3.14. The highest BCUT2D eigenvalue weighted by molar-refractivity contribution is 7.89. The lowest BCUT2D eigenvalue weighted by Gasteiger charge is -2.30. The number of rotatable bonds is 7. The number of hydrogen-bond donors (Lipinski definition) is 1. The van der Waals surface area contributed by atoms with Crippen LogP contribution < -0.4 is 14.8 Å². The molecule has 1 aliphatic rings. The van der Waals surface area contributed by atoms with Crippen molar-refractivity contribution >= 4 is 33.2 Å².